The van der Waals surface area contributed by atoms with Crippen LogP contribution in [0.25, 0.3) is 12.2 Å². The van der Waals surface area contributed by atoms with Gasteiger partial charge in [0.15, 0.2) is 5.60 Å². The van der Waals surface area contributed by atoms with E-state index in [1.54, 1.807) is 38.6 Å². The third-order valence-corrected chi connectivity index (χ3v) is 4.15. The standard InChI is InChI=1S/C23H23N3O2/c1-23(2,22(27)26-17-20-4-3-13-25-16-20)28-21-9-7-18(8-10-21)5-6-19-11-14-24-15-12-19/h3-16H,17H2,1-2H3,(H,26,27)/b6-5+. The summed E-state index contributed by atoms with van der Waals surface area (Å²) in [4.78, 5) is 20.5. The predicted octanol–water partition coefficient (Wildman–Crippen LogP) is 4.12. The smallest absolute Gasteiger partial charge is 0.263 e. The molecule has 142 valence electrons. The first kappa shape index (κ1) is 19.3. The minimum Gasteiger partial charge on any atom is -0.478 e. The van der Waals surface area contributed by atoms with Gasteiger partial charge in [-0.1, -0.05) is 30.4 Å². The highest BCUT2D eigenvalue weighted by Gasteiger charge is 2.29. The summed E-state index contributed by atoms with van der Waals surface area (Å²) >= 11 is 0. The minimum atomic E-state index is -0.989. The Bertz CT molecular complexity index is 921. The van der Waals surface area contributed by atoms with E-state index in [2.05, 4.69) is 15.3 Å². The maximum atomic E-state index is 12.5. The fourth-order valence-corrected chi connectivity index (χ4v) is 2.55. The number of carbonyl (C=O) groups is 1. The van der Waals surface area contributed by atoms with Crippen LogP contribution in [0.2, 0.25) is 0 Å². The molecular formula is C23H23N3O2. The van der Waals surface area contributed by atoms with Gasteiger partial charge in [-0.2, -0.15) is 0 Å². The highest BCUT2D eigenvalue weighted by atomic mass is 16.5. The molecule has 0 radical (unpaired) electrons. The molecule has 0 saturated heterocycles. The molecule has 0 fully saturated rings. The van der Waals surface area contributed by atoms with Crippen molar-refractivity contribution >= 4 is 18.1 Å². The molecule has 0 atom stereocenters. The second-order valence-corrected chi connectivity index (χ2v) is 6.84. The lowest BCUT2D eigenvalue weighted by molar-refractivity contribution is -0.134. The molecule has 5 nitrogen and oxygen atoms in total. The monoisotopic (exact) mass is 373 g/mol. The van der Waals surface area contributed by atoms with Crippen molar-refractivity contribution in [3.8, 4) is 5.75 Å². The molecule has 0 bridgehead atoms. The molecule has 0 unspecified atom stereocenters. The minimum absolute atomic E-state index is 0.182. The van der Waals surface area contributed by atoms with E-state index >= 15 is 0 Å². The van der Waals surface area contributed by atoms with Crippen molar-refractivity contribution in [2.75, 3.05) is 0 Å². The van der Waals surface area contributed by atoms with E-state index < -0.39 is 5.60 Å². The molecule has 0 spiro atoms. The number of nitrogens with zero attached hydrogens (tertiary/aromatic N) is 2. The lowest BCUT2D eigenvalue weighted by Crippen LogP contribution is -2.46. The second kappa shape index (κ2) is 8.95. The molecule has 0 aliphatic heterocycles. The SMILES string of the molecule is CC(C)(Oc1ccc(/C=C/c2ccncc2)cc1)C(=O)NCc1cccnc1. The van der Waals surface area contributed by atoms with Gasteiger partial charge in [0, 0.05) is 31.3 Å². The zero-order valence-electron chi connectivity index (χ0n) is 16.0. The van der Waals surface area contributed by atoms with Crippen molar-refractivity contribution in [2.45, 2.75) is 26.0 Å². The summed E-state index contributed by atoms with van der Waals surface area (Å²) < 4.78 is 5.91. The Hall–Kier alpha value is -3.47. The van der Waals surface area contributed by atoms with Gasteiger partial charge in [-0.05, 0) is 60.9 Å². The fourth-order valence-electron chi connectivity index (χ4n) is 2.55. The molecule has 1 N–H and O–H groups in total. The number of aromatic nitrogens is 2. The molecule has 0 aliphatic carbocycles. The van der Waals surface area contributed by atoms with E-state index in [1.807, 2.05) is 60.7 Å². The number of benzene rings is 1. The van der Waals surface area contributed by atoms with Crippen molar-refractivity contribution < 1.29 is 9.53 Å². The average Bonchev–Trinajstić information content (AvgIpc) is 2.73. The third kappa shape index (κ3) is 5.51. The van der Waals surface area contributed by atoms with E-state index in [4.69, 9.17) is 4.74 Å². The quantitative estimate of drug-likeness (QED) is 0.677. The molecule has 0 saturated carbocycles. The van der Waals surface area contributed by atoms with Crippen LogP contribution in [-0.2, 0) is 11.3 Å². The summed E-state index contributed by atoms with van der Waals surface area (Å²) in [6, 6.07) is 15.3. The van der Waals surface area contributed by atoms with Crippen LogP contribution in [0.15, 0.2) is 73.3 Å². The van der Waals surface area contributed by atoms with Crippen LogP contribution in [0.5, 0.6) is 5.75 Å². The molecule has 2 aromatic heterocycles. The van der Waals surface area contributed by atoms with Crippen molar-refractivity contribution in [2.24, 2.45) is 0 Å². The molecule has 28 heavy (non-hydrogen) atoms. The molecule has 1 aromatic carbocycles. The van der Waals surface area contributed by atoms with Crippen molar-refractivity contribution in [1.29, 1.82) is 0 Å². The van der Waals surface area contributed by atoms with Gasteiger partial charge in [-0.3, -0.25) is 14.8 Å². The summed E-state index contributed by atoms with van der Waals surface area (Å²) in [5, 5.41) is 2.89. The van der Waals surface area contributed by atoms with Gasteiger partial charge in [0.2, 0.25) is 0 Å². The van der Waals surface area contributed by atoms with E-state index in [0.29, 0.717) is 12.3 Å². The summed E-state index contributed by atoms with van der Waals surface area (Å²) in [5.74, 6) is 0.459. The van der Waals surface area contributed by atoms with E-state index in [0.717, 1.165) is 16.7 Å². The number of nitrogens with one attached hydrogen (secondary N) is 1. The number of ether oxygens (including phenoxy) is 1. The number of hydrogen-bond acceptors (Lipinski definition) is 4. The number of amides is 1. The Balaban J connectivity index is 1.57. The summed E-state index contributed by atoms with van der Waals surface area (Å²) in [6.07, 6.45) is 11.0. The number of carbonyl (C=O) groups excluding carboxylic acids is 1. The van der Waals surface area contributed by atoms with Gasteiger partial charge in [-0.25, -0.2) is 0 Å². The maximum absolute atomic E-state index is 12.5. The predicted molar refractivity (Wildman–Crippen MR) is 110 cm³/mol. The topological polar surface area (TPSA) is 64.1 Å². The summed E-state index contributed by atoms with van der Waals surface area (Å²) in [7, 11) is 0. The maximum Gasteiger partial charge on any atom is 0.263 e. The van der Waals surface area contributed by atoms with Crippen LogP contribution in [-0.4, -0.2) is 21.5 Å². The molecule has 1 amide bonds. The van der Waals surface area contributed by atoms with E-state index in [1.165, 1.54) is 0 Å². The zero-order chi connectivity index (χ0) is 19.8. The van der Waals surface area contributed by atoms with Crippen LogP contribution in [0, 0.1) is 0 Å². The first-order chi connectivity index (χ1) is 13.5. The molecule has 0 aliphatic rings. The molecular weight excluding hydrogens is 350 g/mol. The van der Waals surface area contributed by atoms with E-state index in [9.17, 15) is 4.79 Å². The van der Waals surface area contributed by atoms with Crippen molar-refractivity contribution in [3.63, 3.8) is 0 Å². The molecule has 3 rings (SSSR count). The number of pyridine rings is 2. The molecule has 5 heteroatoms. The first-order valence-electron chi connectivity index (χ1n) is 9.07. The van der Waals surface area contributed by atoms with Crippen LogP contribution in [0.3, 0.4) is 0 Å². The Morgan fingerprint density at radius 1 is 0.964 bits per heavy atom. The van der Waals surface area contributed by atoms with Crippen LogP contribution >= 0.6 is 0 Å². The Morgan fingerprint density at radius 2 is 1.64 bits per heavy atom. The average molecular weight is 373 g/mol. The van der Waals surface area contributed by atoms with Gasteiger partial charge in [-0.15, -0.1) is 0 Å². The van der Waals surface area contributed by atoms with Crippen LogP contribution < -0.4 is 10.1 Å². The lowest BCUT2D eigenvalue weighted by Gasteiger charge is -2.25. The van der Waals surface area contributed by atoms with Gasteiger partial charge < -0.3 is 10.1 Å². The van der Waals surface area contributed by atoms with Gasteiger partial charge >= 0.3 is 0 Å². The number of hydrogen-bond donors (Lipinski definition) is 1. The van der Waals surface area contributed by atoms with Gasteiger partial charge in [0.25, 0.3) is 5.91 Å². The first-order valence-corrected chi connectivity index (χ1v) is 9.07. The highest BCUT2D eigenvalue weighted by Crippen LogP contribution is 2.20. The van der Waals surface area contributed by atoms with Gasteiger partial charge in [0.05, 0.1) is 0 Å². The zero-order valence-corrected chi connectivity index (χ0v) is 16.0. The van der Waals surface area contributed by atoms with E-state index in [-0.39, 0.29) is 5.91 Å². The fraction of sp³-hybridized carbons (Fsp3) is 0.174. The Morgan fingerprint density at radius 3 is 2.29 bits per heavy atom. The van der Waals surface area contributed by atoms with Crippen molar-refractivity contribution in [3.05, 3.63) is 90.0 Å². The molecule has 3 aromatic rings. The summed E-state index contributed by atoms with van der Waals surface area (Å²) in [6.45, 7) is 3.92. The second-order valence-electron chi connectivity index (χ2n) is 6.84. The van der Waals surface area contributed by atoms with Gasteiger partial charge in [0.1, 0.15) is 5.75 Å². The van der Waals surface area contributed by atoms with Crippen LogP contribution in [0.1, 0.15) is 30.5 Å². The highest BCUT2D eigenvalue weighted by molar-refractivity contribution is 5.84. The van der Waals surface area contributed by atoms with Crippen LogP contribution in [0.4, 0.5) is 0 Å². The number of rotatable bonds is 7. The third-order valence-electron chi connectivity index (χ3n) is 4.15. The Labute approximate surface area is 165 Å². The molecule has 2 heterocycles. The lowest BCUT2D eigenvalue weighted by atomic mass is 10.1. The normalized spacial score (nSPS) is 11.4. The van der Waals surface area contributed by atoms with Crippen molar-refractivity contribution in [1.82, 2.24) is 15.3 Å². The summed E-state index contributed by atoms with van der Waals surface area (Å²) in [5.41, 5.74) is 2.08. The largest absolute Gasteiger partial charge is 0.478 e. The Kier molecular flexibility index (Phi) is 6.17.